The second kappa shape index (κ2) is 9.04. The number of aromatic nitrogens is 1. The number of sulfone groups is 1. The number of oxazole rings is 1. The number of nitrogens with zero attached hydrogens (tertiary/aromatic N) is 1. The molecule has 33 heavy (non-hydrogen) atoms. The molecule has 3 aromatic rings. The molecule has 1 unspecified atom stereocenters. The monoisotopic (exact) mass is 488 g/mol. The Morgan fingerprint density at radius 3 is 2.55 bits per heavy atom. The number of hydrogen-bond acceptors (Lipinski definition) is 8. The van der Waals surface area contributed by atoms with Gasteiger partial charge in [0.25, 0.3) is 0 Å². The molecule has 0 radical (unpaired) electrons. The third-order valence-electron chi connectivity index (χ3n) is 5.64. The summed E-state index contributed by atoms with van der Waals surface area (Å²) in [5.41, 5.74) is 1.19. The minimum absolute atomic E-state index is 0.0189. The summed E-state index contributed by atoms with van der Waals surface area (Å²) in [6.45, 7) is 6.24. The number of benzene rings is 1. The molecule has 1 aromatic carbocycles. The van der Waals surface area contributed by atoms with Gasteiger partial charge in [-0.15, -0.1) is 11.3 Å². The zero-order chi connectivity index (χ0) is 23.7. The summed E-state index contributed by atoms with van der Waals surface area (Å²) in [7, 11) is -3.60. The van der Waals surface area contributed by atoms with E-state index in [2.05, 4.69) is 10.3 Å². The number of rotatable bonds is 5. The summed E-state index contributed by atoms with van der Waals surface area (Å²) in [5, 5.41) is 3.17. The Balaban J connectivity index is 1.69. The zero-order valence-electron chi connectivity index (χ0n) is 19.0. The highest BCUT2D eigenvalue weighted by Gasteiger charge is 2.49. The molecule has 4 rings (SSSR count). The maximum absolute atomic E-state index is 13.5. The lowest BCUT2D eigenvalue weighted by molar-refractivity contribution is -0.155. The molecular formula is C24H28N2O5S2. The summed E-state index contributed by atoms with van der Waals surface area (Å²) < 4.78 is 36.5. The van der Waals surface area contributed by atoms with Crippen LogP contribution in [0.3, 0.4) is 0 Å². The third-order valence-corrected chi connectivity index (χ3v) is 9.61. The Hall–Kier alpha value is -2.49. The highest BCUT2D eigenvalue weighted by Crippen LogP contribution is 2.45. The first kappa shape index (κ1) is 23.7. The van der Waals surface area contributed by atoms with Gasteiger partial charge in [-0.05, 0) is 51.4 Å². The van der Waals surface area contributed by atoms with Crippen LogP contribution in [-0.2, 0) is 24.1 Å². The molecule has 0 amide bonds. The maximum atomic E-state index is 13.5. The molecule has 0 bridgehead atoms. The highest BCUT2D eigenvalue weighted by atomic mass is 32.2. The van der Waals surface area contributed by atoms with E-state index in [1.165, 1.54) is 17.7 Å². The zero-order valence-corrected chi connectivity index (χ0v) is 20.6. The number of ether oxygens (including phenoxy) is 1. The van der Waals surface area contributed by atoms with Gasteiger partial charge < -0.3 is 14.5 Å². The molecular weight excluding hydrogens is 460 g/mol. The first-order chi connectivity index (χ1) is 15.6. The van der Waals surface area contributed by atoms with Crippen molar-refractivity contribution in [1.82, 2.24) is 10.3 Å². The second-order valence-electron chi connectivity index (χ2n) is 9.18. The summed E-state index contributed by atoms with van der Waals surface area (Å²) in [6.07, 6.45) is 3.17. The molecule has 9 heteroatoms. The first-order valence-corrected chi connectivity index (χ1v) is 13.3. The van der Waals surface area contributed by atoms with E-state index in [-0.39, 0.29) is 12.2 Å². The number of carbonyl (C=O) groups is 1. The van der Waals surface area contributed by atoms with Gasteiger partial charge in [0.2, 0.25) is 0 Å². The smallest absolute Gasteiger partial charge is 0.308 e. The van der Waals surface area contributed by atoms with Crippen molar-refractivity contribution in [3.05, 3.63) is 53.9 Å². The second-order valence-corrected chi connectivity index (χ2v) is 12.7. The largest absolute Gasteiger partial charge is 0.460 e. The van der Waals surface area contributed by atoms with E-state index in [1.807, 2.05) is 36.4 Å². The van der Waals surface area contributed by atoms with Gasteiger partial charge in [0, 0.05) is 21.9 Å². The van der Waals surface area contributed by atoms with E-state index in [1.54, 1.807) is 27.0 Å². The van der Waals surface area contributed by atoms with Gasteiger partial charge in [-0.2, -0.15) is 0 Å². The van der Waals surface area contributed by atoms with Crippen LogP contribution in [0.2, 0.25) is 0 Å². The molecule has 0 spiro atoms. The lowest BCUT2D eigenvalue weighted by Gasteiger charge is -2.31. The summed E-state index contributed by atoms with van der Waals surface area (Å²) in [6, 6.07) is 11.6. The summed E-state index contributed by atoms with van der Waals surface area (Å²) in [5.74, 6) is 0.163. The van der Waals surface area contributed by atoms with Crippen LogP contribution in [0.5, 0.6) is 0 Å². The highest BCUT2D eigenvalue weighted by molar-refractivity contribution is 7.92. The van der Waals surface area contributed by atoms with Gasteiger partial charge in [-0.1, -0.05) is 24.3 Å². The fourth-order valence-corrected chi connectivity index (χ4v) is 7.60. The molecule has 176 valence electrons. The molecule has 3 heterocycles. The Morgan fingerprint density at radius 1 is 1.15 bits per heavy atom. The number of esters is 1. The van der Waals surface area contributed by atoms with Crippen LogP contribution in [0.1, 0.15) is 38.5 Å². The quantitative estimate of drug-likeness (QED) is 0.531. The van der Waals surface area contributed by atoms with Crippen LogP contribution in [0.4, 0.5) is 0 Å². The van der Waals surface area contributed by atoms with Crippen molar-refractivity contribution in [2.45, 2.75) is 44.0 Å². The van der Waals surface area contributed by atoms with E-state index < -0.39 is 26.2 Å². The van der Waals surface area contributed by atoms with Crippen LogP contribution < -0.4 is 5.32 Å². The van der Waals surface area contributed by atoms with Gasteiger partial charge >= 0.3 is 5.97 Å². The molecule has 1 atom stereocenters. The molecule has 1 fully saturated rings. The van der Waals surface area contributed by atoms with Crippen molar-refractivity contribution in [3.63, 3.8) is 0 Å². The van der Waals surface area contributed by atoms with E-state index in [4.69, 9.17) is 9.15 Å². The summed E-state index contributed by atoms with van der Waals surface area (Å²) in [4.78, 5) is 18.4. The van der Waals surface area contributed by atoms with Gasteiger partial charge in [-0.25, -0.2) is 13.4 Å². The maximum Gasteiger partial charge on any atom is 0.308 e. The molecule has 0 saturated carbocycles. The Kier molecular flexibility index (Phi) is 6.48. The predicted molar refractivity (Wildman–Crippen MR) is 129 cm³/mol. The molecule has 2 aromatic heterocycles. The molecule has 7 nitrogen and oxygen atoms in total. The number of thiophene rings is 1. The fourth-order valence-electron chi connectivity index (χ4n) is 4.04. The lowest BCUT2D eigenvalue weighted by Crippen LogP contribution is -2.40. The Labute approximate surface area is 198 Å². The van der Waals surface area contributed by atoms with E-state index >= 15 is 0 Å². The Bertz CT molecular complexity index is 1210. The van der Waals surface area contributed by atoms with Crippen LogP contribution in [0.15, 0.2) is 53.4 Å². The average Bonchev–Trinajstić information content (AvgIpc) is 3.41. The van der Waals surface area contributed by atoms with Crippen molar-refractivity contribution in [1.29, 1.82) is 0 Å². The van der Waals surface area contributed by atoms with Crippen molar-refractivity contribution in [2.24, 2.45) is 0 Å². The molecule has 1 saturated heterocycles. The SMILES string of the molecule is CC(C)(C)OC(=O)CC1(c2ccc(-c3ccc(-c4cnco4)cc3)s2)CCNCCS1(=O)=O. The van der Waals surface area contributed by atoms with Crippen LogP contribution in [0.25, 0.3) is 21.8 Å². The molecule has 0 aliphatic carbocycles. The van der Waals surface area contributed by atoms with Gasteiger partial charge in [0.05, 0.1) is 18.4 Å². The normalized spacial score (nSPS) is 20.8. The van der Waals surface area contributed by atoms with Crippen molar-refractivity contribution in [2.75, 3.05) is 18.8 Å². The van der Waals surface area contributed by atoms with Gasteiger partial charge in [0.15, 0.2) is 22.0 Å². The third kappa shape index (κ3) is 5.05. The van der Waals surface area contributed by atoms with Crippen LogP contribution >= 0.6 is 11.3 Å². The van der Waals surface area contributed by atoms with Crippen molar-refractivity contribution < 1.29 is 22.4 Å². The number of carbonyl (C=O) groups excluding carboxylic acids is 1. The lowest BCUT2D eigenvalue weighted by atomic mass is 9.97. The first-order valence-electron chi connectivity index (χ1n) is 10.8. The van der Waals surface area contributed by atoms with E-state index in [9.17, 15) is 13.2 Å². The van der Waals surface area contributed by atoms with Gasteiger partial charge in [-0.3, -0.25) is 4.79 Å². The number of hydrogen-bond donors (Lipinski definition) is 1. The topological polar surface area (TPSA) is 98.5 Å². The minimum atomic E-state index is -3.60. The van der Waals surface area contributed by atoms with Crippen LogP contribution in [0, 0.1) is 0 Å². The summed E-state index contributed by atoms with van der Waals surface area (Å²) >= 11 is 1.42. The molecule has 1 aliphatic heterocycles. The minimum Gasteiger partial charge on any atom is -0.460 e. The van der Waals surface area contributed by atoms with Crippen LogP contribution in [-0.4, -0.2) is 43.8 Å². The van der Waals surface area contributed by atoms with Crippen molar-refractivity contribution in [3.8, 4) is 21.8 Å². The molecule has 1 aliphatic rings. The van der Waals surface area contributed by atoms with Crippen molar-refractivity contribution >= 4 is 27.1 Å². The predicted octanol–water partition coefficient (Wildman–Crippen LogP) is 4.41. The Morgan fingerprint density at radius 2 is 1.88 bits per heavy atom. The molecule has 1 N–H and O–H groups in total. The van der Waals surface area contributed by atoms with E-state index in [0.717, 1.165) is 16.0 Å². The standard InChI is InChI=1S/C24H28N2O5S2/c1-23(2,3)31-22(27)14-24(10-11-25-12-13-33(24,28)29)21-9-8-20(32-21)18-6-4-17(5-7-18)19-15-26-16-30-19/h4-9,15-16,25H,10-14H2,1-3H3. The van der Waals surface area contributed by atoms with Gasteiger partial charge in [0.1, 0.15) is 10.3 Å². The van der Waals surface area contributed by atoms with E-state index in [0.29, 0.717) is 30.1 Å². The number of nitrogens with one attached hydrogen (secondary N) is 1. The fraction of sp³-hybridized carbons (Fsp3) is 0.417. The average molecular weight is 489 g/mol.